The highest BCUT2D eigenvalue weighted by molar-refractivity contribution is 6.15. The van der Waals surface area contributed by atoms with Crippen molar-refractivity contribution in [2.75, 3.05) is 5.32 Å². The lowest BCUT2D eigenvalue weighted by Gasteiger charge is -2.11. The first kappa shape index (κ1) is 17.4. The van der Waals surface area contributed by atoms with Crippen molar-refractivity contribution in [3.63, 3.8) is 0 Å². The summed E-state index contributed by atoms with van der Waals surface area (Å²) in [5, 5.41) is 5.17. The van der Waals surface area contributed by atoms with E-state index in [-0.39, 0.29) is 11.7 Å². The van der Waals surface area contributed by atoms with Crippen LogP contribution in [-0.2, 0) is 12.8 Å². The van der Waals surface area contributed by atoms with E-state index >= 15 is 0 Å². The summed E-state index contributed by atoms with van der Waals surface area (Å²) >= 11 is 0. The molecule has 1 N–H and O–H groups in total. The maximum atomic E-state index is 13.0. The quantitative estimate of drug-likeness (QED) is 0.483. The molecule has 0 unspecified atom stereocenters. The molecule has 3 nitrogen and oxygen atoms in total. The van der Waals surface area contributed by atoms with Gasteiger partial charge in [-0.05, 0) is 52.9 Å². The van der Waals surface area contributed by atoms with Gasteiger partial charge in [0.25, 0.3) is 5.91 Å². The Balaban J connectivity index is 1.45. The van der Waals surface area contributed by atoms with Crippen LogP contribution in [0.15, 0.2) is 84.9 Å². The topological polar surface area (TPSA) is 46.2 Å². The van der Waals surface area contributed by atoms with Gasteiger partial charge in [0.2, 0.25) is 0 Å². The Hall–Kier alpha value is -3.72. The van der Waals surface area contributed by atoms with Crippen LogP contribution in [0.2, 0.25) is 0 Å². The molecule has 0 aliphatic heterocycles. The molecular formula is C26H19NO2. The summed E-state index contributed by atoms with van der Waals surface area (Å²) in [5.41, 5.74) is 5.07. The van der Waals surface area contributed by atoms with E-state index in [9.17, 15) is 9.59 Å². The van der Waals surface area contributed by atoms with Crippen molar-refractivity contribution in [2.24, 2.45) is 0 Å². The average molecular weight is 377 g/mol. The van der Waals surface area contributed by atoms with Gasteiger partial charge in [0, 0.05) is 22.4 Å². The number of nitrogens with one attached hydrogen (secondary N) is 1. The highest BCUT2D eigenvalue weighted by Gasteiger charge is 2.19. The lowest BCUT2D eigenvalue weighted by Crippen LogP contribution is -2.13. The van der Waals surface area contributed by atoms with Gasteiger partial charge < -0.3 is 5.32 Å². The Kier molecular flexibility index (Phi) is 4.21. The van der Waals surface area contributed by atoms with E-state index in [1.165, 1.54) is 16.5 Å². The molecule has 0 radical (unpaired) electrons. The summed E-state index contributed by atoms with van der Waals surface area (Å²) in [7, 11) is 0. The molecule has 0 saturated carbocycles. The zero-order chi connectivity index (χ0) is 19.8. The first-order valence-electron chi connectivity index (χ1n) is 9.75. The molecule has 0 heterocycles. The minimum atomic E-state index is -0.162. The molecule has 3 heteroatoms. The van der Waals surface area contributed by atoms with Crippen LogP contribution in [0.25, 0.3) is 10.8 Å². The Bertz CT molecular complexity index is 1250. The van der Waals surface area contributed by atoms with E-state index in [4.69, 9.17) is 0 Å². The first-order valence-corrected chi connectivity index (χ1v) is 9.75. The Morgan fingerprint density at radius 2 is 1.41 bits per heavy atom. The Labute approximate surface area is 169 Å². The number of hydrogen-bond donors (Lipinski definition) is 1. The van der Waals surface area contributed by atoms with Crippen molar-refractivity contribution in [3.8, 4) is 0 Å². The van der Waals surface area contributed by atoms with E-state index in [1.807, 2.05) is 36.4 Å². The third-order valence-corrected chi connectivity index (χ3v) is 5.54. The molecule has 0 atom stereocenters. The molecule has 29 heavy (non-hydrogen) atoms. The first-order chi connectivity index (χ1) is 14.2. The summed E-state index contributed by atoms with van der Waals surface area (Å²) in [5.74, 6) is -0.225. The zero-order valence-electron chi connectivity index (χ0n) is 15.8. The summed E-state index contributed by atoms with van der Waals surface area (Å²) < 4.78 is 0. The van der Waals surface area contributed by atoms with Gasteiger partial charge in [-0.2, -0.15) is 0 Å². The van der Waals surface area contributed by atoms with Crippen LogP contribution in [-0.4, -0.2) is 11.7 Å². The zero-order valence-corrected chi connectivity index (χ0v) is 15.8. The fraction of sp³-hybridized carbons (Fsp3) is 0.0769. The maximum Gasteiger partial charge on any atom is 0.256 e. The minimum absolute atomic E-state index is 0.0629. The van der Waals surface area contributed by atoms with Crippen LogP contribution < -0.4 is 5.32 Å². The van der Waals surface area contributed by atoms with Gasteiger partial charge >= 0.3 is 0 Å². The van der Waals surface area contributed by atoms with Gasteiger partial charge in [-0.1, -0.05) is 66.7 Å². The number of carbonyl (C=O) groups excluding carboxylic acids is 2. The molecule has 0 spiro atoms. The third-order valence-electron chi connectivity index (χ3n) is 5.54. The summed E-state index contributed by atoms with van der Waals surface area (Å²) in [6, 6.07) is 26.4. The second kappa shape index (κ2) is 7.02. The Morgan fingerprint density at radius 3 is 2.24 bits per heavy atom. The van der Waals surface area contributed by atoms with Gasteiger partial charge in [0.05, 0.1) is 0 Å². The lowest BCUT2D eigenvalue weighted by molar-refractivity contribution is 0.102. The number of carbonyl (C=O) groups is 2. The van der Waals surface area contributed by atoms with Gasteiger partial charge in [-0.25, -0.2) is 0 Å². The molecular weight excluding hydrogens is 358 g/mol. The predicted molar refractivity (Wildman–Crippen MR) is 116 cm³/mol. The normalized spacial score (nSPS) is 12.1. The van der Waals surface area contributed by atoms with E-state index in [0.717, 1.165) is 18.2 Å². The van der Waals surface area contributed by atoms with Crippen molar-refractivity contribution < 1.29 is 9.59 Å². The van der Waals surface area contributed by atoms with Crippen LogP contribution in [0.5, 0.6) is 0 Å². The molecule has 0 bridgehead atoms. The van der Waals surface area contributed by atoms with Crippen molar-refractivity contribution in [1.82, 2.24) is 0 Å². The average Bonchev–Trinajstić information content (AvgIpc) is 3.19. The van der Waals surface area contributed by atoms with Crippen molar-refractivity contribution >= 4 is 28.2 Å². The van der Waals surface area contributed by atoms with Crippen LogP contribution in [0, 0.1) is 0 Å². The molecule has 1 aliphatic carbocycles. The number of ketones is 1. The van der Waals surface area contributed by atoms with Gasteiger partial charge in [-0.15, -0.1) is 0 Å². The number of anilines is 1. The van der Waals surface area contributed by atoms with Gasteiger partial charge in [-0.3, -0.25) is 9.59 Å². The molecule has 0 aromatic heterocycles. The number of aryl methyl sites for hydroxylation is 2. The highest BCUT2D eigenvalue weighted by atomic mass is 16.1. The fourth-order valence-electron chi connectivity index (χ4n) is 4.14. The largest absolute Gasteiger partial charge is 0.322 e. The Morgan fingerprint density at radius 1 is 0.690 bits per heavy atom. The van der Waals surface area contributed by atoms with Crippen LogP contribution in [0.1, 0.15) is 37.4 Å². The molecule has 4 aromatic carbocycles. The molecule has 5 rings (SSSR count). The summed E-state index contributed by atoms with van der Waals surface area (Å²) in [4.78, 5) is 25.7. The number of rotatable bonds is 4. The van der Waals surface area contributed by atoms with Gasteiger partial charge in [0.1, 0.15) is 0 Å². The smallest absolute Gasteiger partial charge is 0.256 e. The monoisotopic (exact) mass is 377 g/mol. The number of hydrogen-bond acceptors (Lipinski definition) is 2. The molecule has 0 fully saturated rings. The van der Waals surface area contributed by atoms with Crippen molar-refractivity contribution in [1.29, 1.82) is 0 Å². The van der Waals surface area contributed by atoms with Crippen molar-refractivity contribution in [3.05, 3.63) is 113 Å². The SMILES string of the molecule is O=C(c1ccccc1)c1cccc(NC(=O)c2ccc3c4c(cccc24)CC3)c1. The third kappa shape index (κ3) is 3.11. The summed E-state index contributed by atoms with van der Waals surface area (Å²) in [6.45, 7) is 0. The molecule has 4 aromatic rings. The molecule has 1 amide bonds. The highest BCUT2D eigenvalue weighted by Crippen LogP contribution is 2.33. The van der Waals surface area contributed by atoms with E-state index in [1.54, 1.807) is 36.4 Å². The number of amides is 1. The second-order valence-corrected chi connectivity index (χ2v) is 7.34. The summed E-state index contributed by atoms with van der Waals surface area (Å²) in [6.07, 6.45) is 2.06. The van der Waals surface area contributed by atoms with Crippen LogP contribution >= 0.6 is 0 Å². The fourth-order valence-corrected chi connectivity index (χ4v) is 4.14. The van der Waals surface area contributed by atoms with Gasteiger partial charge in [0.15, 0.2) is 5.78 Å². The number of benzene rings is 4. The molecule has 140 valence electrons. The van der Waals surface area contributed by atoms with E-state index in [0.29, 0.717) is 22.4 Å². The van der Waals surface area contributed by atoms with E-state index < -0.39 is 0 Å². The second-order valence-electron chi connectivity index (χ2n) is 7.34. The maximum absolute atomic E-state index is 13.0. The molecule has 0 saturated heterocycles. The predicted octanol–water partition coefficient (Wildman–Crippen LogP) is 5.42. The van der Waals surface area contributed by atoms with E-state index in [2.05, 4.69) is 17.4 Å². The molecule has 1 aliphatic rings. The standard InChI is InChI=1S/C26H19NO2/c28-25(19-6-2-1-3-7-19)20-9-4-10-21(16-20)27-26(29)23-15-14-18-13-12-17-8-5-11-22(23)24(17)18/h1-11,14-16H,12-13H2,(H,27,29). The minimum Gasteiger partial charge on any atom is -0.322 e. The van der Waals surface area contributed by atoms with Crippen molar-refractivity contribution in [2.45, 2.75) is 12.8 Å². The van der Waals surface area contributed by atoms with Crippen LogP contribution in [0.3, 0.4) is 0 Å². The van der Waals surface area contributed by atoms with Crippen LogP contribution in [0.4, 0.5) is 5.69 Å². The lowest BCUT2D eigenvalue weighted by atomic mass is 9.99.